The van der Waals surface area contributed by atoms with Crippen LogP contribution in [0, 0.1) is 0 Å². The molecule has 1 aliphatic heterocycles. The van der Waals surface area contributed by atoms with Crippen molar-refractivity contribution in [2.45, 2.75) is 12.5 Å². The number of methoxy groups -OCH3 is 1. The van der Waals surface area contributed by atoms with Gasteiger partial charge in [0.05, 0.1) is 24.7 Å². The van der Waals surface area contributed by atoms with Gasteiger partial charge in [0.15, 0.2) is 0 Å². The average Bonchev–Trinajstić information content (AvgIpc) is 2.95. The third-order valence-electron chi connectivity index (χ3n) is 4.45. The Hall–Kier alpha value is -3.41. The van der Waals surface area contributed by atoms with Gasteiger partial charge in [-0.15, -0.1) is 0 Å². The summed E-state index contributed by atoms with van der Waals surface area (Å²) in [7, 11) is 1.57. The molecule has 3 aromatic rings. The van der Waals surface area contributed by atoms with Crippen molar-refractivity contribution in [2.24, 2.45) is 0 Å². The number of fused-ring (bicyclic) bond motifs is 1. The first kappa shape index (κ1) is 16.1. The van der Waals surface area contributed by atoms with Crippen LogP contribution in [0.3, 0.4) is 0 Å². The zero-order chi connectivity index (χ0) is 18.1. The van der Waals surface area contributed by atoms with Crippen LogP contribution in [0.15, 0.2) is 60.8 Å². The molecule has 2 amide bonds. The van der Waals surface area contributed by atoms with E-state index in [1.807, 2.05) is 30.3 Å². The fourth-order valence-corrected chi connectivity index (χ4v) is 3.16. The average molecular weight is 347 g/mol. The van der Waals surface area contributed by atoms with Crippen LogP contribution in [0.1, 0.15) is 6.42 Å². The smallest absolute Gasteiger partial charge is 0.256 e. The molecule has 2 aromatic carbocycles. The summed E-state index contributed by atoms with van der Waals surface area (Å²) < 4.78 is 5.12. The highest BCUT2D eigenvalue weighted by atomic mass is 16.5. The lowest BCUT2D eigenvalue weighted by Crippen LogP contribution is -2.34. The van der Waals surface area contributed by atoms with Crippen molar-refractivity contribution in [3.8, 4) is 5.75 Å². The van der Waals surface area contributed by atoms with E-state index < -0.39 is 6.04 Å². The maximum Gasteiger partial charge on any atom is 0.256 e. The number of anilines is 2. The molecule has 1 saturated heterocycles. The first-order valence-electron chi connectivity index (χ1n) is 8.28. The zero-order valence-corrected chi connectivity index (χ0v) is 14.2. The van der Waals surface area contributed by atoms with Crippen molar-refractivity contribution in [1.29, 1.82) is 0 Å². The van der Waals surface area contributed by atoms with Gasteiger partial charge in [-0.05, 0) is 48.5 Å². The molecule has 1 N–H and O–H groups in total. The number of aromatic nitrogens is 1. The molecule has 1 aliphatic rings. The SMILES string of the molecule is COc1ccc(N2C(=O)C[C@@H](Nc3cccc4ncccc34)C2=O)cc1. The molecule has 130 valence electrons. The summed E-state index contributed by atoms with van der Waals surface area (Å²) in [5, 5.41) is 4.12. The van der Waals surface area contributed by atoms with Gasteiger partial charge in [0.25, 0.3) is 5.91 Å². The Labute approximate surface area is 150 Å². The van der Waals surface area contributed by atoms with Crippen molar-refractivity contribution in [2.75, 3.05) is 17.3 Å². The number of carbonyl (C=O) groups is 2. The molecule has 1 fully saturated rings. The third-order valence-corrected chi connectivity index (χ3v) is 4.45. The lowest BCUT2D eigenvalue weighted by molar-refractivity contribution is -0.121. The molecule has 0 unspecified atom stereocenters. The van der Waals surface area contributed by atoms with E-state index in [0.717, 1.165) is 16.6 Å². The van der Waals surface area contributed by atoms with Gasteiger partial charge >= 0.3 is 0 Å². The van der Waals surface area contributed by atoms with Crippen LogP contribution < -0.4 is 15.0 Å². The van der Waals surface area contributed by atoms with Gasteiger partial charge < -0.3 is 10.1 Å². The molecule has 6 nitrogen and oxygen atoms in total. The number of imide groups is 1. The quantitative estimate of drug-likeness (QED) is 0.735. The number of nitrogens with one attached hydrogen (secondary N) is 1. The van der Waals surface area contributed by atoms with Gasteiger partial charge in [0, 0.05) is 17.3 Å². The fraction of sp³-hybridized carbons (Fsp3) is 0.150. The van der Waals surface area contributed by atoms with E-state index in [9.17, 15) is 9.59 Å². The molecule has 0 saturated carbocycles. The Morgan fingerprint density at radius 2 is 1.88 bits per heavy atom. The van der Waals surface area contributed by atoms with Gasteiger partial charge in [-0.25, -0.2) is 4.90 Å². The van der Waals surface area contributed by atoms with Crippen LogP contribution >= 0.6 is 0 Å². The Bertz CT molecular complexity index is 980. The Morgan fingerprint density at radius 1 is 1.08 bits per heavy atom. The molecular formula is C20H17N3O3. The highest BCUT2D eigenvalue weighted by molar-refractivity contribution is 6.23. The normalized spacial score (nSPS) is 17.0. The monoisotopic (exact) mass is 347 g/mol. The van der Waals surface area contributed by atoms with Crippen molar-refractivity contribution in [3.63, 3.8) is 0 Å². The maximum absolute atomic E-state index is 12.8. The maximum atomic E-state index is 12.8. The molecule has 26 heavy (non-hydrogen) atoms. The Morgan fingerprint density at radius 3 is 2.65 bits per heavy atom. The number of carbonyl (C=O) groups excluding carboxylic acids is 2. The summed E-state index contributed by atoms with van der Waals surface area (Å²) in [5.41, 5.74) is 2.17. The topological polar surface area (TPSA) is 71.5 Å². The molecule has 0 radical (unpaired) electrons. The van der Waals surface area contributed by atoms with Crippen molar-refractivity contribution < 1.29 is 14.3 Å². The van der Waals surface area contributed by atoms with Crippen LogP contribution in [-0.2, 0) is 9.59 Å². The summed E-state index contributed by atoms with van der Waals surface area (Å²) in [6.07, 6.45) is 1.84. The molecule has 1 aromatic heterocycles. The number of amides is 2. The highest BCUT2D eigenvalue weighted by Crippen LogP contribution is 2.28. The predicted molar refractivity (Wildman–Crippen MR) is 99.3 cm³/mol. The first-order valence-corrected chi connectivity index (χ1v) is 8.28. The Kier molecular flexibility index (Phi) is 4.01. The van der Waals surface area contributed by atoms with Gasteiger partial charge in [0.2, 0.25) is 5.91 Å². The molecule has 1 atom stereocenters. The molecule has 0 aliphatic carbocycles. The largest absolute Gasteiger partial charge is 0.497 e. The van der Waals surface area contributed by atoms with E-state index >= 15 is 0 Å². The van der Waals surface area contributed by atoms with Crippen LogP contribution in [0.4, 0.5) is 11.4 Å². The zero-order valence-electron chi connectivity index (χ0n) is 14.2. The molecular weight excluding hydrogens is 330 g/mol. The fourth-order valence-electron chi connectivity index (χ4n) is 3.16. The van der Waals surface area contributed by atoms with E-state index in [1.165, 1.54) is 4.90 Å². The van der Waals surface area contributed by atoms with Crippen LogP contribution in [-0.4, -0.2) is 29.9 Å². The number of rotatable bonds is 4. The van der Waals surface area contributed by atoms with E-state index in [-0.39, 0.29) is 18.2 Å². The van der Waals surface area contributed by atoms with E-state index in [1.54, 1.807) is 37.6 Å². The molecule has 0 spiro atoms. The molecule has 2 heterocycles. The second-order valence-corrected chi connectivity index (χ2v) is 6.04. The van der Waals surface area contributed by atoms with Crippen LogP contribution in [0.25, 0.3) is 10.9 Å². The molecule has 0 bridgehead atoms. The van der Waals surface area contributed by atoms with Crippen LogP contribution in [0.2, 0.25) is 0 Å². The third kappa shape index (κ3) is 2.75. The molecule has 4 rings (SSSR count). The summed E-state index contributed by atoms with van der Waals surface area (Å²) in [5.74, 6) is 0.183. The number of ether oxygens (including phenoxy) is 1. The Balaban J connectivity index is 1.60. The molecule has 6 heteroatoms. The first-order chi connectivity index (χ1) is 12.7. The lowest BCUT2D eigenvalue weighted by Gasteiger charge is -2.17. The number of hydrogen-bond acceptors (Lipinski definition) is 5. The summed E-state index contributed by atoms with van der Waals surface area (Å²) in [4.78, 5) is 30.8. The van der Waals surface area contributed by atoms with Crippen molar-refractivity contribution >= 4 is 34.1 Å². The summed E-state index contributed by atoms with van der Waals surface area (Å²) in [6.45, 7) is 0. The summed E-state index contributed by atoms with van der Waals surface area (Å²) >= 11 is 0. The van der Waals surface area contributed by atoms with E-state index in [4.69, 9.17) is 4.74 Å². The minimum atomic E-state index is -0.601. The van der Waals surface area contributed by atoms with Crippen molar-refractivity contribution in [1.82, 2.24) is 4.98 Å². The highest BCUT2D eigenvalue weighted by Gasteiger charge is 2.39. The van der Waals surface area contributed by atoms with Gasteiger partial charge in [-0.1, -0.05) is 6.07 Å². The van der Waals surface area contributed by atoms with Crippen LogP contribution in [0.5, 0.6) is 5.75 Å². The van der Waals surface area contributed by atoms with Gasteiger partial charge in [-0.2, -0.15) is 0 Å². The van der Waals surface area contributed by atoms with Crippen molar-refractivity contribution in [3.05, 3.63) is 60.8 Å². The van der Waals surface area contributed by atoms with E-state index in [0.29, 0.717) is 11.4 Å². The standard InChI is InChI=1S/C20H17N3O3/c1-26-14-9-7-13(8-10-14)23-19(24)12-18(20(23)25)22-17-6-2-5-16-15(17)4-3-11-21-16/h2-11,18,22H,12H2,1H3/t18-/m1/s1. The number of pyridine rings is 1. The predicted octanol–water partition coefficient (Wildman–Crippen LogP) is 2.99. The summed E-state index contributed by atoms with van der Waals surface area (Å²) in [6, 6.07) is 15.7. The number of benzene rings is 2. The second-order valence-electron chi connectivity index (χ2n) is 6.04. The minimum absolute atomic E-state index is 0.113. The lowest BCUT2D eigenvalue weighted by atomic mass is 10.1. The minimum Gasteiger partial charge on any atom is -0.497 e. The van der Waals surface area contributed by atoms with E-state index in [2.05, 4.69) is 10.3 Å². The number of hydrogen-bond donors (Lipinski definition) is 1. The van der Waals surface area contributed by atoms with Gasteiger partial charge in [0.1, 0.15) is 11.8 Å². The second kappa shape index (κ2) is 6.48. The number of nitrogens with zero attached hydrogens (tertiary/aromatic N) is 2. The van der Waals surface area contributed by atoms with Gasteiger partial charge in [-0.3, -0.25) is 14.6 Å².